The van der Waals surface area contributed by atoms with Crippen molar-refractivity contribution in [3.63, 3.8) is 0 Å². The second kappa shape index (κ2) is 8.11. The van der Waals surface area contributed by atoms with Crippen molar-refractivity contribution in [3.05, 3.63) is 81.2 Å². The molecule has 0 unspecified atom stereocenters. The Bertz CT molecular complexity index is 1310. The third-order valence-corrected chi connectivity index (χ3v) is 6.48. The van der Waals surface area contributed by atoms with Crippen LogP contribution >= 0.6 is 23.7 Å². The normalized spacial score (nSPS) is 13.6. The van der Waals surface area contributed by atoms with E-state index < -0.39 is 11.7 Å². The Kier molecular flexibility index (Phi) is 5.63. The van der Waals surface area contributed by atoms with E-state index in [1.54, 1.807) is 23.6 Å². The number of aromatic nitrogens is 2. The van der Waals surface area contributed by atoms with Gasteiger partial charge in [-0.1, -0.05) is 6.07 Å². The largest absolute Gasteiger partial charge is 0.417 e. The topological polar surface area (TPSA) is 46.9 Å². The highest BCUT2D eigenvalue weighted by Crippen LogP contribution is 2.34. The van der Waals surface area contributed by atoms with E-state index in [0.29, 0.717) is 11.3 Å². The van der Waals surface area contributed by atoms with Gasteiger partial charge in [-0.05, 0) is 54.2 Å². The number of thiophene rings is 1. The molecule has 3 aromatic heterocycles. The lowest BCUT2D eigenvalue weighted by molar-refractivity contribution is -0.137. The summed E-state index contributed by atoms with van der Waals surface area (Å²) in [4.78, 5) is 17.9. The summed E-state index contributed by atoms with van der Waals surface area (Å²) >= 11 is 1.74. The predicted molar refractivity (Wildman–Crippen MR) is 118 cm³/mol. The quantitative estimate of drug-likeness (QED) is 0.444. The van der Waals surface area contributed by atoms with Crippen molar-refractivity contribution in [1.29, 1.82) is 0 Å². The first kappa shape index (κ1) is 21.5. The van der Waals surface area contributed by atoms with Crippen molar-refractivity contribution in [2.24, 2.45) is 0 Å². The minimum atomic E-state index is -4.44. The van der Waals surface area contributed by atoms with Gasteiger partial charge in [0, 0.05) is 40.1 Å². The number of hydrogen-bond acceptors (Lipinski definition) is 4. The highest BCUT2D eigenvalue weighted by molar-refractivity contribution is 7.19. The molecule has 0 fully saturated rings. The first-order chi connectivity index (χ1) is 14.4. The van der Waals surface area contributed by atoms with Crippen LogP contribution in [-0.4, -0.2) is 16.1 Å². The molecule has 0 atom stereocenters. The molecule has 160 valence electrons. The number of rotatable bonds is 2. The molecule has 0 bridgehead atoms. The van der Waals surface area contributed by atoms with Gasteiger partial charge in [-0.15, -0.1) is 23.7 Å². The van der Waals surface area contributed by atoms with Crippen LogP contribution in [0.1, 0.15) is 16.0 Å². The summed E-state index contributed by atoms with van der Waals surface area (Å²) in [6, 6.07) is 11.3. The predicted octanol–water partition coefficient (Wildman–Crippen LogP) is 5.20. The van der Waals surface area contributed by atoms with Gasteiger partial charge in [-0.25, -0.2) is 0 Å². The summed E-state index contributed by atoms with van der Waals surface area (Å²) in [6.07, 6.45) is -1.02. The van der Waals surface area contributed by atoms with Gasteiger partial charge in [0.25, 0.3) is 5.56 Å². The Labute approximate surface area is 185 Å². The van der Waals surface area contributed by atoms with Crippen LogP contribution in [0.25, 0.3) is 27.0 Å². The van der Waals surface area contributed by atoms with Crippen LogP contribution in [0.5, 0.6) is 0 Å². The molecule has 1 aliphatic rings. The van der Waals surface area contributed by atoms with Crippen molar-refractivity contribution in [1.82, 2.24) is 14.9 Å². The molecular formula is C22H17ClF3N3OS. The minimum absolute atomic E-state index is 0. The van der Waals surface area contributed by atoms with Crippen LogP contribution < -0.4 is 10.9 Å². The van der Waals surface area contributed by atoms with Crippen LogP contribution in [-0.2, 0) is 19.1 Å². The third-order valence-electron chi connectivity index (χ3n) is 5.28. The van der Waals surface area contributed by atoms with Crippen LogP contribution in [0, 0.1) is 0 Å². The SMILES string of the molecule is Cl.O=c1cc(-c2ccc(C(F)(F)F)cn2)ccn1-c1ccc2c3c(sc2c1)CNCC3. The fourth-order valence-electron chi connectivity index (χ4n) is 3.76. The smallest absolute Gasteiger partial charge is 0.312 e. The number of benzene rings is 1. The van der Waals surface area contributed by atoms with Gasteiger partial charge in [0.15, 0.2) is 0 Å². The Morgan fingerprint density at radius 2 is 1.94 bits per heavy atom. The maximum absolute atomic E-state index is 12.7. The fraction of sp³-hybridized carbons (Fsp3) is 0.182. The molecule has 0 spiro atoms. The van der Waals surface area contributed by atoms with Crippen molar-refractivity contribution < 1.29 is 13.2 Å². The Hall–Kier alpha value is -2.68. The summed E-state index contributed by atoms with van der Waals surface area (Å²) in [5.74, 6) is 0. The maximum atomic E-state index is 12.7. The van der Waals surface area contributed by atoms with E-state index in [4.69, 9.17) is 0 Å². The van der Waals surface area contributed by atoms with E-state index >= 15 is 0 Å². The van der Waals surface area contributed by atoms with Crippen LogP contribution in [0.4, 0.5) is 13.2 Å². The van der Waals surface area contributed by atoms with Gasteiger partial charge in [-0.2, -0.15) is 13.2 Å². The van der Waals surface area contributed by atoms with Crippen molar-refractivity contribution in [2.45, 2.75) is 19.1 Å². The lowest BCUT2D eigenvalue weighted by Gasteiger charge is -2.12. The summed E-state index contributed by atoms with van der Waals surface area (Å²) in [6.45, 7) is 1.85. The van der Waals surface area contributed by atoms with E-state index in [2.05, 4.69) is 16.4 Å². The molecule has 4 aromatic rings. The molecule has 0 saturated heterocycles. The van der Waals surface area contributed by atoms with E-state index in [-0.39, 0.29) is 18.0 Å². The van der Waals surface area contributed by atoms with Crippen LogP contribution in [0.15, 0.2) is 59.7 Å². The molecule has 0 aliphatic carbocycles. The number of nitrogens with one attached hydrogen (secondary N) is 1. The first-order valence-electron chi connectivity index (χ1n) is 9.42. The third kappa shape index (κ3) is 3.98. The monoisotopic (exact) mass is 463 g/mol. The summed E-state index contributed by atoms with van der Waals surface area (Å²) in [5, 5.41) is 4.61. The van der Waals surface area contributed by atoms with E-state index in [1.165, 1.54) is 32.5 Å². The number of nitrogens with zero attached hydrogens (tertiary/aromatic N) is 2. The van der Waals surface area contributed by atoms with Gasteiger partial charge in [0.05, 0.1) is 16.9 Å². The maximum Gasteiger partial charge on any atom is 0.417 e. The number of hydrogen-bond donors (Lipinski definition) is 1. The Morgan fingerprint density at radius 3 is 2.65 bits per heavy atom. The van der Waals surface area contributed by atoms with Crippen LogP contribution in [0.2, 0.25) is 0 Å². The van der Waals surface area contributed by atoms with Crippen molar-refractivity contribution >= 4 is 33.8 Å². The molecule has 5 rings (SSSR count). The summed E-state index contributed by atoms with van der Waals surface area (Å²) in [7, 11) is 0. The van der Waals surface area contributed by atoms with Crippen molar-refractivity contribution in [3.8, 4) is 16.9 Å². The standard InChI is InChI=1S/C22H16F3N3OS.ClH/c23-22(24,25)14-1-4-18(27-11-14)13-6-8-28(21(29)9-13)15-2-3-16-17-5-7-26-12-20(17)30-19(16)10-15;/h1-4,6,8-11,26H,5,7,12H2;1H. The van der Waals surface area contributed by atoms with E-state index in [9.17, 15) is 18.0 Å². The van der Waals surface area contributed by atoms with E-state index in [0.717, 1.165) is 42.2 Å². The lowest BCUT2D eigenvalue weighted by Crippen LogP contribution is -2.21. The first-order valence-corrected chi connectivity index (χ1v) is 10.2. The molecule has 4 heterocycles. The second-order valence-electron chi connectivity index (χ2n) is 7.16. The molecule has 9 heteroatoms. The Balaban J connectivity index is 0.00000231. The van der Waals surface area contributed by atoms with Gasteiger partial charge >= 0.3 is 6.18 Å². The zero-order valence-corrected chi connectivity index (χ0v) is 17.7. The molecule has 1 N–H and O–H groups in total. The molecule has 4 nitrogen and oxygen atoms in total. The molecule has 1 aromatic carbocycles. The second-order valence-corrected chi connectivity index (χ2v) is 8.30. The van der Waals surface area contributed by atoms with Gasteiger partial charge in [0.1, 0.15) is 0 Å². The lowest BCUT2D eigenvalue weighted by atomic mass is 10.0. The zero-order valence-electron chi connectivity index (χ0n) is 16.1. The average Bonchev–Trinajstić information content (AvgIpc) is 3.11. The molecule has 0 amide bonds. The molecule has 0 radical (unpaired) electrons. The average molecular weight is 464 g/mol. The molecular weight excluding hydrogens is 447 g/mol. The molecule has 1 aliphatic heterocycles. The van der Waals surface area contributed by atoms with Gasteiger partial charge < -0.3 is 5.32 Å². The van der Waals surface area contributed by atoms with Gasteiger partial charge in [-0.3, -0.25) is 14.3 Å². The highest BCUT2D eigenvalue weighted by Gasteiger charge is 2.30. The molecule has 0 saturated carbocycles. The summed E-state index contributed by atoms with van der Waals surface area (Å²) < 4.78 is 40.8. The van der Waals surface area contributed by atoms with Gasteiger partial charge in [0.2, 0.25) is 0 Å². The van der Waals surface area contributed by atoms with E-state index in [1.807, 2.05) is 12.1 Å². The van der Waals surface area contributed by atoms with Crippen molar-refractivity contribution in [2.75, 3.05) is 6.54 Å². The van der Waals surface area contributed by atoms with Crippen LogP contribution in [0.3, 0.4) is 0 Å². The number of halogens is 4. The fourth-order valence-corrected chi connectivity index (χ4v) is 5.01. The minimum Gasteiger partial charge on any atom is -0.312 e. The Morgan fingerprint density at radius 1 is 1.10 bits per heavy atom. The number of fused-ring (bicyclic) bond motifs is 3. The number of alkyl halides is 3. The summed E-state index contributed by atoms with van der Waals surface area (Å²) in [5.41, 5.74) is 1.85. The number of pyridine rings is 2. The molecule has 31 heavy (non-hydrogen) atoms. The zero-order chi connectivity index (χ0) is 20.9. The highest BCUT2D eigenvalue weighted by atomic mass is 35.5.